The van der Waals surface area contributed by atoms with Crippen LogP contribution in [-0.4, -0.2) is 23.7 Å². The van der Waals surface area contributed by atoms with Gasteiger partial charge in [-0.3, -0.25) is 4.79 Å². The molecule has 0 spiro atoms. The molecule has 3 nitrogen and oxygen atoms in total. The SMILES string of the molecule is CC(C)c1ccc(C=CC(=O)N[C@@H](C)CO)cc1. The fraction of sp³-hybridized carbons (Fsp3) is 0.400. The molecule has 3 heteroatoms. The lowest BCUT2D eigenvalue weighted by Gasteiger charge is -2.08. The van der Waals surface area contributed by atoms with Crippen molar-refractivity contribution in [2.75, 3.05) is 6.61 Å². The number of rotatable bonds is 5. The Hall–Kier alpha value is -1.61. The molecule has 1 atom stereocenters. The van der Waals surface area contributed by atoms with Crippen molar-refractivity contribution in [3.8, 4) is 0 Å². The normalized spacial score (nSPS) is 12.9. The maximum Gasteiger partial charge on any atom is 0.244 e. The van der Waals surface area contributed by atoms with Crippen molar-refractivity contribution in [3.05, 3.63) is 41.5 Å². The molecule has 0 heterocycles. The molecular formula is C15H21NO2. The summed E-state index contributed by atoms with van der Waals surface area (Å²) in [5.74, 6) is 0.321. The number of hydrogen-bond acceptors (Lipinski definition) is 2. The molecule has 0 aliphatic carbocycles. The predicted octanol–water partition coefficient (Wildman–Crippen LogP) is 2.32. The molecule has 0 radical (unpaired) electrons. The molecule has 0 unspecified atom stereocenters. The van der Waals surface area contributed by atoms with Gasteiger partial charge in [0, 0.05) is 12.1 Å². The van der Waals surface area contributed by atoms with E-state index < -0.39 is 0 Å². The van der Waals surface area contributed by atoms with Gasteiger partial charge < -0.3 is 10.4 Å². The first kappa shape index (κ1) is 14.5. The first-order valence-electron chi connectivity index (χ1n) is 6.22. The van der Waals surface area contributed by atoms with E-state index in [1.807, 2.05) is 12.1 Å². The highest BCUT2D eigenvalue weighted by atomic mass is 16.3. The van der Waals surface area contributed by atoms with Crippen LogP contribution in [0, 0.1) is 0 Å². The van der Waals surface area contributed by atoms with Crippen LogP contribution in [0.2, 0.25) is 0 Å². The van der Waals surface area contributed by atoms with E-state index in [1.54, 1.807) is 13.0 Å². The standard InChI is InChI=1S/C15H21NO2/c1-11(2)14-7-4-13(5-8-14)6-9-15(18)16-12(3)10-17/h4-9,11-12,17H,10H2,1-3H3,(H,16,18)/t12-/m0/s1. The quantitative estimate of drug-likeness (QED) is 0.784. The van der Waals surface area contributed by atoms with Crippen LogP contribution in [0.15, 0.2) is 30.3 Å². The molecule has 0 aliphatic rings. The van der Waals surface area contributed by atoms with E-state index in [2.05, 4.69) is 31.3 Å². The third kappa shape index (κ3) is 4.72. The number of aliphatic hydroxyl groups is 1. The van der Waals surface area contributed by atoms with Gasteiger partial charge in [-0.15, -0.1) is 0 Å². The third-order valence-electron chi connectivity index (χ3n) is 2.69. The lowest BCUT2D eigenvalue weighted by atomic mass is 10.0. The van der Waals surface area contributed by atoms with Crippen LogP contribution >= 0.6 is 0 Å². The van der Waals surface area contributed by atoms with Gasteiger partial charge in [0.05, 0.1) is 6.61 Å². The van der Waals surface area contributed by atoms with Gasteiger partial charge in [0.15, 0.2) is 0 Å². The molecule has 1 aromatic rings. The number of carbonyl (C=O) groups excluding carboxylic acids is 1. The Kier molecular flexibility index (Phi) is 5.59. The zero-order valence-electron chi connectivity index (χ0n) is 11.2. The number of aliphatic hydroxyl groups excluding tert-OH is 1. The monoisotopic (exact) mass is 247 g/mol. The summed E-state index contributed by atoms with van der Waals surface area (Å²) in [6.07, 6.45) is 3.25. The lowest BCUT2D eigenvalue weighted by molar-refractivity contribution is -0.117. The summed E-state index contributed by atoms with van der Waals surface area (Å²) in [7, 11) is 0. The van der Waals surface area contributed by atoms with Crippen LogP contribution in [0.25, 0.3) is 6.08 Å². The lowest BCUT2D eigenvalue weighted by Crippen LogP contribution is -2.33. The van der Waals surface area contributed by atoms with Gasteiger partial charge in [-0.05, 0) is 30.0 Å². The number of carbonyl (C=O) groups is 1. The second kappa shape index (κ2) is 6.97. The average Bonchev–Trinajstić information content (AvgIpc) is 2.36. The zero-order chi connectivity index (χ0) is 13.5. The first-order chi connectivity index (χ1) is 8.52. The van der Waals surface area contributed by atoms with Gasteiger partial charge >= 0.3 is 0 Å². The largest absolute Gasteiger partial charge is 0.394 e. The summed E-state index contributed by atoms with van der Waals surface area (Å²) in [4.78, 5) is 11.5. The van der Waals surface area contributed by atoms with E-state index in [0.717, 1.165) is 5.56 Å². The van der Waals surface area contributed by atoms with Crippen LogP contribution in [0.4, 0.5) is 0 Å². The fourth-order valence-electron chi connectivity index (χ4n) is 1.50. The number of nitrogens with one attached hydrogen (secondary N) is 1. The Morgan fingerprint density at radius 3 is 2.39 bits per heavy atom. The van der Waals surface area contributed by atoms with E-state index in [1.165, 1.54) is 11.6 Å². The summed E-state index contributed by atoms with van der Waals surface area (Å²) in [5.41, 5.74) is 2.27. The minimum Gasteiger partial charge on any atom is -0.394 e. The van der Waals surface area contributed by atoms with Gasteiger partial charge in [0.2, 0.25) is 5.91 Å². The summed E-state index contributed by atoms with van der Waals surface area (Å²) >= 11 is 0. The van der Waals surface area contributed by atoms with Crippen LogP contribution in [0.1, 0.15) is 37.8 Å². The van der Waals surface area contributed by atoms with Crippen LogP contribution in [-0.2, 0) is 4.79 Å². The number of amides is 1. The van der Waals surface area contributed by atoms with Crippen LogP contribution in [0.3, 0.4) is 0 Å². The van der Waals surface area contributed by atoms with E-state index in [-0.39, 0.29) is 18.6 Å². The zero-order valence-corrected chi connectivity index (χ0v) is 11.2. The van der Waals surface area contributed by atoms with Crippen molar-refractivity contribution in [1.82, 2.24) is 5.32 Å². The first-order valence-corrected chi connectivity index (χ1v) is 6.22. The highest BCUT2D eigenvalue weighted by Gasteiger charge is 2.02. The molecule has 18 heavy (non-hydrogen) atoms. The van der Waals surface area contributed by atoms with E-state index in [0.29, 0.717) is 5.92 Å². The van der Waals surface area contributed by atoms with Crippen molar-refractivity contribution >= 4 is 12.0 Å². The van der Waals surface area contributed by atoms with E-state index in [9.17, 15) is 4.79 Å². The number of hydrogen-bond donors (Lipinski definition) is 2. The Morgan fingerprint density at radius 2 is 1.89 bits per heavy atom. The summed E-state index contributed by atoms with van der Waals surface area (Å²) in [5, 5.41) is 11.5. The maximum absolute atomic E-state index is 11.5. The second-order valence-corrected chi connectivity index (χ2v) is 4.75. The highest BCUT2D eigenvalue weighted by molar-refractivity contribution is 5.91. The molecule has 1 aromatic carbocycles. The van der Waals surface area contributed by atoms with Crippen LogP contribution < -0.4 is 5.32 Å². The van der Waals surface area contributed by atoms with Gasteiger partial charge in [-0.25, -0.2) is 0 Å². The fourth-order valence-corrected chi connectivity index (χ4v) is 1.50. The van der Waals surface area contributed by atoms with Gasteiger partial charge in [0.25, 0.3) is 0 Å². The topological polar surface area (TPSA) is 49.3 Å². The van der Waals surface area contributed by atoms with E-state index in [4.69, 9.17) is 5.11 Å². The minimum atomic E-state index is -0.217. The van der Waals surface area contributed by atoms with Crippen LogP contribution in [0.5, 0.6) is 0 Å². The number of benzene rings is 1. The Balaban J connectivity index is 2.59. The minimum absolute atomic E-state index is 0.0529. The van der Waals surface area contributed by atoms with Gasteiger partial charge in [0.1, 0.15) is 0 Å². The Morgan fingerprint density at radius 1 is 1.28 bits per heavy atom. The van der Waals surface area contributed by atoms with E-state index >= 15 is 0 Å². The Labute approximate surface area is 109 Å². The molecule has 0 saturated carbocycles. The molecule has 1 amide bonds. The second-order valence-electron chi connectivity index (χ2n) is 4.75. The summed E-state index contributed by atoms with van der Waals surface area (Å²) < 4.78 is 0. The smallest absolute Gasteiger partial charge is 0.244 e. The summed E-state index contributed by atoms with van der Waals surface area (Å²) in [6.45, 7) is 6.00. The molecule has 0 aliphatic heterocycles. The molecule has 0 saturated heterocycles. The van der Waals surface area contributed by atoms with Crippen molar-refractivity contribution in [2.24, 2.45) is 0 Å². The molecule has 98 valence electrons. The van der Waals surface area contributed by atoms with Crippen molar-refractivity contribution in [3.63, 3.8) is 0 Å². The third-order valence-corrected chi connectivity index (χ3v) is 2.69. The van der Waals surface area contributed by atoms with Crippen molar-refractivity contribution in [2.45, 2.75) is 32.7 Å². The molecule has 0 bridgehead atoms. The molecule has 2 N–H and O–H groups in total. The summed E-state index contributed by atoms with van der Waals surface area (Å²) in [6, 6.07) is 7.91. The molecule has 0 aromatic heterocycles. The van der Waals surface area contributed by atoms with Gasteiger partial charge in [-0.2, -0.15) is 0 Å². The molecule has 0 fully saturated rings. The Bertz CT molecular complexity index is 407. The maximum atomic E-state index is 11.5. The molecule has 1 rings (SSSR count). The van der Waals surface area contributed by atoms with Crippen molar-refractivity contribution < 1.29 is 9.90 Å². The highest BCUT2D eigenvalue weighted by Crippen LogP contribution is 2.15. The van der Waals surface area contributed by atoms with Crippen molar-refractivity contribution in [1.29, 1.82) is 0 Å². The average molecular weight is 247 g/mol. The molecular weight excluding hydrogens is 226 g/mol. The predicted molar refractivity (Wildman–Crippen MR) is 74.3 cm³/mol. The van der Waals surface area contributed by atoms with Gasteiger partial charge in [-0.1, -0.05) is 38.1 Å².